The smallest absolute Gasteiger partial charge is 0.429 e. The molecule has 0 aliphatic rings. The van der Waals surface area contributed by atoms with Gasteiger partial charge in [-0.2, -0.15) is 40.2 Å². The molecule has 2 N–H and O–H groups in total. The summed E-state index contributed by atoms with van der Waals surface area (Å²) in [6.07, 6.45) is -11.3. The van der Waals surface area contributed by atoms with Gasteiger partial charge in [-0.25, -0.2) is 9.07 Å². The quantitative estimate of drug-likeness (QED) is 0.276. The summed E-state index contributed by atoms with van der Waals surface area (Å²) in [5, 5.41) is 13.4. The number of benzene rings is 1. The van der Waals surface area contributed by atoms with Gasteiger partial charge in [0.1, 0.15) is 5.71 Å². The number of hydrogen-bond acceptors (Lipinski definition) is 4. The Bertz CT molecular complexity index is 1050. The zero-order valence-electron chi connectivity index (χ0n) is 16.5. The van der Waals surface area contributed by atoms with Crippen LogP contribution >= 0.6 is 11.6 Å². The van der Waals surface area contributed by atoms with E-state index in [0.29, 0.717) is 20.8 Å². The third kappa shape index (κ3) is 5.04. The molecular formula is C18H14ClF9N4O. The molecule has 0 atom stereocenters. The predicted molar refractivity (Wildman–Crippen MR) is 100 cm³/mol. The van der Waals surface area contributed by atoms with Gasteiger partial charge < -0.3 is 10.1 Å². The average Bonchev–Trinajstić information content (AvgIpc) is 3.16. The highest BCUT2D eigenvalue weighted by Crippen LogP contribution is 2.48. The van der Waals surface area contributed by atoms with Crippen molar-refractivity contribution in [1.82, 2.24) is 15.1 Å². The minimum atomic E-state index is -6.71. The van der Waals surface area contributed by atoms with E-state index in [0.717, 1.165) is 19.4 Å². The Labute approximate surface area is 185 Å². The van der Waals surface area contributed by atoms with Crippen LogP contribution in [-0.4, -0.2) is 47.2 Å². The fraction of sp³-hybridized carbons (Fsp3) is 0.333. The summed E-state index contributed by atoms with van der Waals surface area (Å²) in [6, 6.07) is 4.59. The number of hydrogen-bond donors (Lipinski definition) is 2. The van der Waals surface area contributed by atoms with Gasteiger partial charge in [0, 0.05) is 23.8 Å². The zero-order chi connectivity index (χ0) is 25.4. The van der Waals surface area contributed by atoms with Gasteiger partial charge in [0.25, 0.3) is 0 Å². The van der Waals surface area contributed by atoms with Gasteiger partial charge in [-0.3, -0.25) is 5.41 Å². The number of nitrogens with one attached hydrogen (secondary N) is 2. The second kappa shape index (κ2) is 9.15. The van der Waals surface area contributed by atoms with Crippen molar-refractivity contribution in [2.45, 2.75) is 31.6 Å². The number of allylic oxidation sites excluding steroid dienone is 1. The molecular weight excluding hydrogens is 495 g/mol. The first-order chi connectivity index (χ1) is 15.0. The number of ether oxygens (including phenoxy) is 1. The average molecular weight is 509 g/mol. The van der Waals surface area contributed by atoms with Gasteiger partial charge in [0.05, 0.1) is 6.20 Å². The maximum Gasteiger partial charge on any atom is 0.437 e. The Morgan fingerprint density at radius 3 is 2.12 bits per heavy atom. The van der Waals surface area contributed by atoms with Crippen molar-refractivity contribution in [2.24, 2.45) is 0 Å². The van der Waals surface area contributed by atoms with E-state index in [-0.39, 0.29) is 5.56 Å². The number of halogens is 10. The summed E-state index contributed by atoms with van der Waals surface area (Å²) in [5.74, 6) is -3.13. The Balaban J connectivity index is 2.70. The van der Waals surface area contributed by atoms with Gasteiger partial charge in [-0.05, 0) is 30.2 Å². The van der Waals surface area contributed by atoms with E-state index in [4.69, 9.17) is 17.0 Å². The molecule has 5 nitrogen and oxygen atoms in total. The molecule has 182 valence electrons. The minimum Gasteiger partial charge on any atom is -0.429 e. The van der Waals surface area contributed by atoms with Crippen LogP contribution in [0.3, 0.4) is 0 Å². The summed E-state index contributed by atoms with van der Waals surface area (Å²) in [7, 11) is 0.909. The van der Waals surface area contributed by atoms with Crippen molar-refractivity contribution in [3.8, 4) is 11.1 Å². The van der Waals surface area contributed by atoms with E-state index in [9.17, 15) is 39.5 Å². The molecule has 0 aliphatic carbocycles. The topological polar surface area (TPSA) is 62.9 Å². The first kappa shape index (κ1) is 26.4. The van der Waals surface area contributed by atoms with Crippen molar-refractivity contribution in [3.05, 3.63) is 46.9 Å². The van der Waals surface area contributed by atoms with E-state index in [2.05, 4.69) is 9.84 Å². The number of rotatable bonds is 7. The summed E-state index contributed by atoms with van der Waals surface area (Å²) in [5.41, 5.74) is -7.94. The molecule has 0 bridgehead atoms. The third-order valence-electron chi connectivity index (χ3n) is 4.31. The van der Waals surface area contributed by atoms with Gasteiger partial charge in [0.2, 0.25) is 0 Å². The fourth-order valence-electron chi connectivity index (χ4n) is 2.67. The second-order valence-corrected chi connectivity index (χ2v) is 6.88. The molecule has 0 fully saturated rings. The highest BCUT2D eigenvalue weighted by Gasteiger charge is 2.76. The first-order valence-corrected chi connectivity index (χ1v) is 9.02. The molecule has 1 aromatic carbocycles. The van der Waals surface area contributed by atoms with Gasteiger partial charge >= 0.3 is 24.6 Å². The van der Waals surface area contributed by atoms with Gasteiger partial charge in [-0.1, -0.05) is 17.7 Å². The van der Waals surface area contributed by atoms with Crippen LogP contribution in [0.25, 0.3) is 16.9 Å². The Morgan fingerprint density at radius 1 is 1.09 bits per heavy atom. The van der Waals surface area contributed by atoms with Crippen LogP contribution in [0.2, 0.25) is 5.02 Å². The molecule has 2 aromatic rings. The Hall–Kier alpha value is -2.90. The lowest BCUT2D eigenvalue weighted by Gasteiger charge is -2.31. The summed E-state index contributed by atoms with van der Waals surface area (Å²) < 4.78 is 123. The third-order valence-corrected chi connectivity index (χ3v) is 4.74. The molecule has 0 spiro atoms. The van der Waals surface area contributed by atoms with Crippen LogP contribution in [0.4, 0.5) is 39.5 Å². The lowest BCUT2D eigenvalue weighted by Crippen LogP contribution is -2.59. The van der Waals surface area contributed by atoms with Gasteiger partial charge in [-0.15, -0.1) is 0 Å². The van der Waals surface area contributed by atoms with Crippen LogP contribution in [0.5, 0.6) is 0 Å². The molecule has 0 radical (unpaired) electrons. The molecule has 0 unspecified atom stereocenters. The molecule has 0 saturated carbocycles. The first-order valence-electron chi connectivity index (χ1n) is 8.64. The second-order valence-electron chi connectivity index (χ2n) is 6.47. The van der Waals surface area contributed by atoms with Crippen molar-refractivity contribution >= 4 is 23.1 Å². The van der Waals surface area contributed by atoms with Crippen LogP contribution < -0.4 is 5.32 Å². The van der Waals surface area contributed by atoms with E-state index >= 15 is 0 Å². The molecule has 2 rings (SSSR count). The van der Waals surface area contributed by atoms with Crippen LogP contribution in [0.15, 0.2) is 36.4 Å². The highest BCUT2D eigenvalue weighted by atomic mass is 35.5. The molecule has 33 heavy (non-hydrogen) atoms. The highest BCUT2D eigenvalue weighted by molar-refractivity contribution is 6.31. The minimum absolute atomic E-state index is 0.239. The maximum absolute atomic E-state index is 14.4. The number of nitrogens with zero attached hydrogens (tertiary/aromatic N) is 2. The van der Waals surface area contributed by atoms with Gasteiger partial charge in [0.15, 0.2) is 11.6 Å². The SMILES string of the molecule is CN/C(=C(/OC(F)F)C(=N)C(F)(C(F)(F)F)C(F)(F)F)n1cc(-c2ccc(Cl)c(C)c2)cn1. The van der Waals surface area contributed by atoms with Crippen molar-refractivity contribution < 1.29 is 44.3 Å². The number of aromatic nitrogens is 2. The van der Waals surface area contributed by atoms with Crippen molar-refractivity contribution in [3.63, 3.8) is 0 Å². The molecule has 15 heteroatoms. The molecule has 1 aromatic heterocycles. The van der Waals surface area contributed by atoms with Crippen LogP contribution in [-0.2, 0) is 4.74 Å². The predicted octanol–water partition coefficient (Wildman–Crippen LogP) is 5.95. The summed E-state index contributed by atoms with van der Waals surface area (Å²) in [6.45, 7) is -2.34. The summed E-state index contributed by atoms with van der Waals surface area (Å²) >= 11 is 5.92. The normalized spacial score (nSPS) is 13.7. The van der Waals surface area contributed by atoms with E-state index in [1.54, 1.807) is 13.0 Å². The lowest BCUT2D eigenvalue weighted by molar-refractivity contribution is -0.313. The van der Waals surface area contributed by atoms with Crippen LogP contribution in [0.1, 0.15) is 5.56 Å². The number of aryl methyl sites for hydroxylation is 1. The van der Waals surface area contributed by atoms with Crippen LogP contribution in [0, 0.1) is 12.3 Å². The largest absolute Gasteiger partial charge is 0.437 e. The van der Waals surface area contributed by atoms with Crippen molar-refractivity contribution in [2.75, 3.05) is 7.05 Å². The van der Waals surface area contributed by atoms with Crippen molar-refractivity contribution in [1.29, 1.82) is 5.41 Å². The molecule has 0 saturated heterocycles. The standard InChI is InChI=1S/C18H14ClF9N4O/c1-8-5-9(3-4-11(8)19)10-6-31-32(7-10)14(30-2)12(33-15(20)21)13(29)16(22,17(23,24)25)18(26,27)28/h3-7,15,29-30H,1-2H3/b14-12-,29-13?. The fourth-order valence-corrected chi connectivity index (χ4v) is 2.79. The zero-order valence-corrected chi connectivity index (χ0v) is 17.3. The molecule has 0 aliphatic heterocycles. The van der Waals surface area contributed by atoms with E-state index < -0.39 is 41.9 Å². The number of alkyl halides is 9. The Morgan fingerprint density at radius 2 is 1.67 bits per heavy atom. The lowest BCUT2D eigenvalue weighted by atomic mass is 9.96. The summed E-state index contributed by atoms with van der Waals surface area (Å²) in [4.78, 5) is 0. The Kier molecular flexibility index (Phi) is 7.31. The molecule has 0 amide bonds. The van der Waals surface area contributed by atoms with E-state index in [1.807, 2.05) is 5.32 Å². The monoisotopic (exact) mass is 508 g/mol. The maximum atomic E-state index is 14.4. The van der Waals surface area contributed by atoms with E-state index in [1.165, 1.54) is 12.1 Å². The molecule has 1 heterocycles.